The molecule has 0 aliphatic heterocycles. The van der Waals surface area contributed by atoms with Crippen LogP contribution in [0, 0.1) is 6.92 Å². The molecule has 0 heterocycles. The summed E-state index contributed by atoms with van der Waals surface area (Å²) in [4.78, 5) is 10.8. The normalized spacial score (nSPS) is 11.3. The van der Waals surface area contributed by atoms with Crippen LogP contribution in [-0.2, 0) is 19.1 Å². The fourth-order valence-corrected chi connectivity index (χ4v) is 2.55. The first-order chi connectivity index (χ1) is 9.42. The maximum atomic E-state index is 11.8. The Morgan fingerprint density at radius 2 is 1.80 bits per heavy atom. The Balaban J connectivity index is 2.27. The predicted octanol–water partition coefficient (Wildman–Crippen LogP) is 2.01. The Hall–Kier alpha value is -1.40. The molecule has 1 N–H and O–H groups in total. The van der Waals surface area contributed by atoms with Crippen LogP contribution >= 0.6 is 0 Å². The summed E-state index contributed by atoms with van der Waals surface area (Å²) in [6.07, 6.45) is 2.27. The van der Waals surface area contributed by atoms with Gasteiger partial charge >= 0.3 is 0 Å². The molecule has 0 aromatic heterocycles. The summed E-state index contributed by atoms with van der Waals surface area (Å²) in [5.41, 5.74) is 1.00. The van der Waals surface area contributed by atoms with Crippen LogP contribution in [0.2, 0.25) is 0 Å². The van der Waals surface area contributed by atoms with Crippen LogP contribution in [0.5, 0.6) is 0 Å². The largest absolute Gasteiger partial charge is 0.356 e. The van der Waals surface area contributed by atoms with E-state index >= 15 is 0 Å². The third-order valence-electron chi connectivity index (χ3n) is 2.74. The average molecular weight is 299 g/mol. The molecule has 6 heteroatoms. The zero-order chi connectivity index (χ0) is 15.0. The Morgan fingerprint density at radius 3 is 2.40 bits per heavy atom. The van der Waals surface area contributed by atoms with Crippen LogP contribution in [0.15, 0.2) is 29.2 Å². The predicted molar refractivity (Wildman–Crippen MR) is 76.9 cm³/mol. The minimum atomic E-state index is -3.65. The molecule has 5 nitrogen and oxygen atoms in total. The number of amides is 1. The second-order valence-corrected chi connectivity index (χ2v) is 6.25. The number of hydrogen-bond donors (Lipinski definition) is 1. The van der Waals surface area contributed by atoms with E-state index in [2.05, 4.69) is 5.32 Å². The highest BCUT2D eigenvalue weighted by Gasteiger charge is 2.14. The van der Waals surface area contributed by atoms with Gasteiger partial charge < -0.3 is 5.32 Å². The molecule has 0 atom stereocenters. The molecule has 0 bridgehead atoms. The van der Waals surface area contributed by atoms with Crippen LogP contribution in [-0.4, -0.2) is 27.5 Å². The number of unbranched alkanes of at least 4 members (excludes halogenated alkanes) is 2. The van der Waals surface area contributed by atoms with E-state index in [1.807, 2.05) is 6.92 Å². The van der Waals surface area contributed by atoms with Gasteiger partial charge in [0.05, 0.1) is 11.5 Å². The van der Waals surface area contributed by atoms with Crippen molar-refractivity contribution in [3.05, 3.63) is 29.8 Å². The number of hydrogen-bond acceptors (Lipinski definition) is 4. The Morgan fingerprint density at radius 1 is 1.15 bits per heavy atom. The smallest absolute Gasteiger partial charge is 0.296 e. The van der Waals surface area contributed by atoms with Gasteiger partial charge in [-0.1, -0.05) is 17.7 Å². The third kappa shape index (κ3) is 6.16. The highest BCUT2D eigenvalue weighted by Crippen LogP contribution is 2.13. The first kappa shape index (κ1) is 16.7. The van der Waals surface area contributed by atoms with Crippen LogP contribution < -0.4 is 5.32 Å². The number of aryl methyl sites for hydroxylation is 1. The minimum Gasteiger partial charge on any atom is -0.356 e. The fraction of sp³-hybridized carbons (Fsp3) is 0.500. The topological polar surface area (TPSA) is 72.5 Å². The molecular formula is C14H21NO4S. The molecule has 112 valence electrons. The summed E-state index contributed by atoms with van der Waals surface area (Å²) in [6.45, 7) is 4.14. The van der Waals surface area contributed by atoms with Gasteiger partial charge in [-0.3, -0.25) is 8.98 Å². The van der Waals surface area contributed by atoms with Gasteiger partial charge in [-0.05, 0) is 38.3 Å². The molecule has 1 rings (SSSR count). The lowest BCUT2D eigenvalue weighted by molar-refractivity contribution is -0.118. The Labute approximate surface area is 120 Å². The van der Waals surface area contributed by atoms with Crippen molar-refractivity contribution in [1.29, 1.82) is 0 Å². The molecule has 1 aromatic carbocycles. The number of carbonyl (C=O) groups is 1. The van der Waals surface area contributed by atoms with Gasteiger partial charge in [0.25, 0.3) is 10.1 Å². The monoisotopic (exact) mass is 299 g/mol. The maximum Gasteiger partial charge on any atom is 0.296 e. The van der Waals surface area contributed by atoms with Crippen molar-refractivity contribution in [3.8, 4) is 0 Å². The van der Waals surface area contributed by atoms with Gasteiger partial charge in [0, 0.05) is 13.5 Å². The number of carbonyl (C=O) groups excluding carboxylic acids is 1. The standard InChI is InChI=1S/C14H21NO4S/c1-12-6-8-14(9-7-12)20(17,18)19-11-5-3-4-10-15-13(2)16/h6-9H,3-5,10-11H2,1-2H3,(H,15,16). The molecular weight excluding hydrogens is 278 g/mol. The summed E-state index contributed by atoms with van der Waals surface area (Å²) >= 11 is 0. The zero-order valence-electron chi connectivity index (χ0n) is 11.9. The van der Waals surface area contributed by atoms with Gasteiger partial charge in [-0.2, -0.15) is 8.42 Å². The quantitative estimate of drug-likeness (QED) is 0.588. The van der Waals surface area contributed by atoms with Gasteiger partial charge in [0.1, 0.15) is 0 Å². The molecule has 1 amide bonds. The fourth-order valence-electron chi connectivity index (χ4n) is 1.61. The highest BCUT2D eigenvalue weighted by molar-refractivity contribution is 7.86. The molecule has 0 aliphatic carbocycles. The van der Waals surface area contributed by atoms with E-state index in [-0.39, 0.29) is 17.4 Å². The van der Waals surface area contributed by atoms with Crippen molar-refractivity contribution in [2.24, 2.45) is 0 Å². The molecule has 0 aliphatic rings. The van der Waals surface area contributed by atoms with Crippen molar-refractivity contribution < 1.29 is 17.4 Å². The van der Waals surface area contributed by atoms with E-state index in [9.17, 15) is 13.2 Å². The molecule has 0 spiro atoms. The lowest BCUT2D eigenvalue weighted by Gasteiger charge is -2.06. The van der Waals surface area contributed by atoms with Crippen LogP contribution in [0.4, 0.5) is 0 Å². The van der Waals surface area contributed by atoms with E-state index < -0.39 is 10.1 Å². The highest BCUT2D eigenvalue weighted by atomic mass is 32.2. The van der Waals surface area contributed by atoms with E-state index in [1.165, 1.54) is 6.92 Å². The van der Waals surface area contributed by atoms with E-state index in [0.29, 0.717) is 13.0 Å². The molecule has 0 saturated carbocycles. The number of benzene rings is 1. The van der Waals surface area contributed by atoms with Gasteiger partial charge in [-0.15, -0.1) is 0 Å². The third-order valence-corrected chi connectivity index (χ3v) is 4.07. The van der Waals surface area contributed by atoms with Gasteiger partial charge in [-0.25, -0.2) is 0 Å². The lowest BCUT2D eigenvalue weighted by atomic mass is 10.2. The number of nitrogens with one attached hydrogen (secondary N) is 1. The first-order valence-electron chi connectivity index (χ1n) is 6.62. The summed E-state index contributed by atoms with van der Waals surface area (Å²) in [5.74, 6) is -0.0526. The van der Waals surface area contributed by atoms with Crippen molar-refractivity contribution >= 4 is 16.0 Å². The van der Waals surface area contributed by atoms with Crippen molar-refractivity contribution in [1.82, 2.24) is 5.32 Å². The molecule has 20 heavy (non-hydrogen) atoms. The molecule has 0 fully saturated rings. The van der Waals surface area contributed by atoms with E-state index in [4.69, 9.17) is 4.18 Å². The van der Waals surface area contributed by atoms with Crippen molar-refractivity contribution in [3.63, 3.8) is 0 Å². The second-order valence-electron chi connectivity index (χ2n) is 4.63. The van der Waals surface area contributed by atoms with Crippen LogP contribution in [0.25, 0.3) is 0 Å². The lowest BCUT2D eigenvalue weighted by Crippen LogP contribution is -2.20. The summed E-state index contributed by atoms with van der Waals surface area (Å²) in [7, 11) is -3.65. The van der Waals surface area contributed by atoms with Crippen LogP contribution in [0.1, 0.15) is 31.7 Å². The summed E-state index contributed by atoms with van der Waals surface area (Å²) in [6, 6.07) is 6.57. The van der Waals surface area contributed by atoms with Crippen molar-refractivity contribution in [2.45, 2.75) is 38.0 Å². The molecule has 0 saturated heterocycles. The van der Waals surface area contributed by atoms with E-state index in [1.54, 1.807) is 24.3 Å². The SMILES string of the molecule is CC(=O)NCCCCCOS(=O)(=O)c1ccc(C)cc1. The zero-order valence-corrected chi connectivity index (χ0v) is 12.7. The molecule has 0 unspecified atom stereocenters. The molecule has 0 radical (unpaired) electrons. The van der Waals surface area contributed by atoms with Crippen molar-refractivity contribution in [2.75, 3.05) is 13.2 Å². The van der Waals surface area contributed by atoms with Gasteiger partial charge in [0.15, 0.2) is 0 Å². The van der Waals surface area contributed by atoms with Crippen LogP contribution in [0.3, 0.4) is 0 Å². The summed E-state index contributed by atoms with van der Waals surface area (Å²) in [5, 5.41) is 2.69. The Kier molecular flexibility index (Phi) is 6.67. The van der Waals surface area contributed by atoms with Gasteiger partial charge in [0.2, 0.25) is 5.91 Å². The Bertz CT molecular complexity index is 523. The number of rotatable bonds is 8. The first-order valence-corrected chi connectivity index (χ1v) is 8.03. The molecule has 1 aromatic rings. The summed E-state index contributed by atoms with van der Waals surface area (Å²) < 4.78 is 28.7. The van der Waals surface area contributed by atoms with E-state index in [0.717, 1.165) is 18.4 Å². The maximum absolute atomic E-state index is 11.8. The minimum absolute atomic E-state index is 0.0526. The second kappa shape index (κ2) is 8.01. The average Bonchev–Trinajstić information content (AvgIpc) is 2.37.